The molecule has 6 heteroatoms. The summed E-state index contributed by atoms with van der Waals surface area (Å²) in [7, 11) is -3.68. The maximum atomic E-state index is 12.6. The summed E-state index contributed by atoms with van der Waals surface area (Å²) in [5.41, 5.74) is 2.45. The summed E-state index contributed by atoms with van der Waals surface area (Å²) in [6.07, 6.45) is 1.56. The first-order valence-corrected chi connectivity index (χ1v) is 8.21. The summed E-state index contributed by atoms with van der Waals surface area (Å²) < 4.78 is 27.8. The van der Waals surface area contributed by atoms with Crippen LogP contribution in [-0.4, -0.2) is 19.9 Å². The molecule has 0 unspecified atom stereocenters. The lowest BCUT2D eigenvalue weighted by Crippen LogP contribution is -2.16. The van der Waals surface area contributed by atoms with E-state index < -0.39 is 10.0 Å². The van der Waals surface area contributed by atoms with Gasteiger partial charge in [-0.25, -0.2) is 13.4 Å². The van der Waals surface area contributed by atoms with E-state index in [0.29, 0.717) is 18.1 Å². The Labute approximate surface area is 125 Å². The van der Waals surface area contributed by atoms with Crippen LogP contribution < -0.4 is 10.0 Å². The van der Waals surface area contributed by atoms with E-state index in [1.54, 1.807) is 18.3 Å². The van der Waals surface area contributed by atoms with Gasteiger partial charge in [-0.3, -0.25) is 4.72 Å². The zero-order chi connectivity index (χ0) is 15.5. The average Bonchev–Trinajstić information content (AvgIpc) is 2.43. The Hall–Kier alpha value is -2.08. The Morgan fingerprint density at radius 2 is 1.95 bits per heavy atom. The van der Waals surface area contributed by atoms with Crippen molar-refractivity contribution >= 4 is 21.5 Å². The molecule has 2 rings (SSSR count). The maximum Gasteiger partial charge on any atom is 0.265 e. The van der Waals surface area contributed by atoms with Crippen LogP contribution in [-0.2, 0) is 10.0 Å². The van der Waals surface area contributed by atoms with Crippen molar-refractivity contribution in [3.63, 3.8) is 0 Å². The minimum Gasteiger partial charge on any atom is -0.369 e. The topological polar surface area (TPSA) is 71.1 Å². The van der Waals surface area contributed by atoms with Gasteiger partial charge in [-0.1, -0.05) is 12.1 Å². The molecule has 0 saturated heterocycles. The fourth-order valence-corrected chi connectivity index (χ4v) is 3.21. The normalized spacial score (nSPS) is 11.2. The van der Waals surface area contributed by atoms with E-state index in [4.69, 9.17) is 0 Å². The van der Waals surface area contributed by atoms with Crippen molar-refractivity contribution in [1.29, 1.82) is 0 Å². The molecular formula is C15H19N3O2S. The molecule has 0 aliphatic carbocycles. The van der Waals surface area contributed by atoms with Crippen molar-refractivity contribution < 1.29 is 8.42 Å². The van der Waals surface area contributed by atoms with Crippen molar-refractivity contribution in [1.82, 2.24) is 4.98 Å². The second kappa shape index (κ2) is 6.13. The fraction of sp³-hybridized carbons (Fsp3) is 0.267. The zero-order valence-electron chi connectivity index (χ0n) is 12.3. The standard InChI is InChI=1S/C15H19N3O2S/c1-4-16-15-14(6-5-9-17-15)21(19,20)18-13-10-11(2)7-8-12(13)3/h5-10,18H,4H2,1-3H3,(H,16,17). The van der Waals surface area contributed by atoms with Gasteiger partial charge in [0.2, 0.25) is 0 Å². The van der Waals surface area contributed by atoms with Gasteiger partial charge in [-0.15, -0.1) is 0 Å². The summed E-state index contributed by atoms with van der Waals surface area (Å²) >= 11 is 0. The lowest BCUT2D eigenvalue weighted by molar-refractivity contribution is 0.601. The summed E-state index contributed by atoms with van der Waals surface area (Å²) in [6.45, 7) is 6.28. The summed E-state index contributed by atoms with van der Waals surface area (Å²) in [4.78, 5) is 4.23. The number of sulfonamides is 1. The van der Waals surface area contributed by atoms with Crippen LogP contribution in [0.5, 0.6) is 0 Å². The molecule has 0 fully saturated rings. The van der Waals surface area contributed by atoms with Crippen molar-refractivity contribution in [2.24, 2.45) is 0 Å². The second-order valence-corrected chi connectivity index (χ2v) is 6.46. The molecule has 1 aromatic heterocycles. The first-order valence-electron chi connectivity index (χ1n) is 6.73. The van der Waals surface area contributed by atoms with Gasteiger partial charge in [0.25, 0.3) is 10.0 Å². The van der Waals surface area contributed by atoms with E-state index in [0.717, 1.165) is 11.1 Å². The molecule has 0 amide bonds. The van der Waals surface area contributed by atoms with Crippen molar-refractivity contribution in [2.75, 3.05) is 16.6 Å². The Morgan fingerprint density at radius 3 is 2.67 bits per heavy atom. The minimum absolute atomic E-state index is 0.146. The van der Waals surface area contributed by atoms with Crippen molar-refractivity contribution in [3.8, 4) is 0 Å². The van der Waals surface area contributed by atoms with Crippen LogP contribution in [0.2, 0.25) is 0 Å². The molecule has 112 valence electrons. The summed E-state index contributed by atoms with van der Waals surface area (Å²) in [5, 5.41) is 2.96. The van der Waals surface area contributed by atoms with Gasteiger partial charge in [0.1, 0.15) is 10.7 Å². The lowest BCUT2D eigenvalue weighted by atomic mass is 10.1. The van der Waals surface area contributed by atoms with E-state index in [-0.39, 0.29) is 4.90 Å². The number of aromatic nitrogens is 1. The number of rotatable bonds is 5. The monoisotopic (exact) mass is 305 g/mol. The molecule has 5 nitrogen and oxygen atoms in total. The fourth-order valence-electron chi connectivity index (χ4n) is 1.95. The van der Waals surface area contributed by atoms with Gasteiger partial charge in [-0.05, 0) is 50.1 Å². The molecule has 0 aliphatic rings. The number of aryl methyl sites for hydroxylation is 2. The van der Waals surface area contributed by atoms with Crippen LogP contribution in [0, 0.1) is 13.8 Å². The Bertz CT molecular complexity index is 742. The van der Waals surface area contributed by atoms with Crippen LogP contribution in [0.25, 0.3) is 0 Å². The molecule has 0 radical (unpaired) electrons. The molecule has 2 aromatic rings. The van der Waals surface area contributed by atoms with Crippen molar-refractivity contribution in [3.05, 3.63) is 47.7 Å². The first kappa shape index (κ1) is 15.3. The SMILES string of the molecule is CCNc1ncccc1S(=O)(=O)Nc1cc(C)ccc1C. The van der Waals surface area contributed by atoms with Crippen LogP contribution in [0.3, 0.4) is 0 Å². The number of hydrogen-bond donors (Lipinski definition) is 2. The lowest BCUT2D eigenvalue weighted by Gasteiger charge is -2.14. The first-order chi connectivity index (χ1) is 9.94. The molecule has 0 bridgehead atoms. The number of nitrogens with one attached hydrogen (secondary N) is 2. The molecule has 1 heterocycles. The van der Waals surface area contributed by atoms with E-state index >= 15 is 0 Å². The quantitative estimate of drug-likeness (QED) is 0.891. The van der Waals surface area contributed by atoms with Crippen LogP contribution in [0.1, 0.15) is 18.1 Å². The Balaban J connectivity index is 2.41. The zero-order valence-corrected chi connectivity index (χ0v) is 13.2. The minimum atomic E-state index is -3.68. The number of benzene rings is 1. The largest absolute Gasteiger partial charge is 0.369 e. The van der Waals surface area contributed by atoms with Gasteiger partial charge in [0.05, 0.1) is 5.69 Å². The van der Waals surface area contributed by atoms with Gasteiger partial charge >= 0.3 is 0 Å². The third-order valence-corrected chi connectivity index (χ3v) is 4.44. The number of pyridine rings is 1. The van der Waals surface area contributed by atoms with Gasteiger partial charge in [0.15, 0.2) is 0 Å². The number of anilines is 2. The highest BCUT2D eigenvalue weighted by atomic mass is 32.2. The van der Waals surface area contributed by atoms with Gasteiger partial charge < -0.3 is 5.32 Å². The van der Waals surface area contributed by atoms with Crippen LogP contribution in [0.15, 0.2) is 41.4 Å². The van der Waals surface area contributed by atoms with E-state index in [2.05, 4.69) is 15.0 Å². The predicted molar refractivity (Wildman–Crippen MR) is 85.1 cm³/mol. The van der Waals surface area contributed by atoms with Crippen LogP contribution in [0.4, 0.5) is 11.5 Å². The van der Waals surface area contributed by atoms with Gasteiger partial charge in [-0.2, -0.15) is 0 Å². The van der Waals surface area contributed by atoms with E-state index in [1.807, 2.05) is 39.0 Å². The number of hydrogen-bond acceptors (Lipinski definition) is 4. The highest BCUT2D eigenvalue weighted by Crippen LogP contribution is 2.24. The molecule has 0 saturated carbocycles. The highest BCUT2D eigenvalue weighted by Gasteiger charge is 2.20. The third kappa shape index (κ3) is 3.52. The number of nitrogens with zero attached hydrogens (tertiary/aromatic N) is 1. The molecule has 21 heavy (non-hydrogen) atoms. The molecule has 0 atom stereocenters. The molecular weight excluding hydrogens is 286 g/mol. The van der Waals surface area contributed by atoms with Gasteiger partial charge in [0, 0.05) is 12.7 Å². The maximum absolute atomic E-state index is 12.6. The van der Waals surface area contributed by atoms with Crippen molar-refractivity contribution in [2.45, 2.75) is 25.7 Å². The van der Waals surface area contributed by atoms with Crippen LogP contribution >= 0.6 is 0 Å². The summed E-state index contributed by atoms with van der Waals surface area (Å²) in [5.74, 6) is 0.359. The highest BCUT2D eigenvalue weighted by molar-refractivity contribution is 7.92. The Morgan fingerprint density at radius 1 is 1.19 bits per heavy atom. The average molecular weight is 305 g/mol. The van der Waals surface area contributed by atoms with E-state index in [1.165, 1.54) is 0 Å². The molecule has 0 spiro atoms. The second-order valence-electron chi connectivity index (χ2n) is 4.80. The molecule has 1 aromatic carbocycles. The smallest absolute Gasteiger partial charge is 0.265 e. The third-order valence-electron chi connectivity index (χ3n) is 3.04. The molecule has 0 aliphatic heterocycles. The predicted octanol–water partition coefficient (Wildman–Crippen LogP) is 2.93. The van der Waals surface area contributed by atoms with E-state index in [9.17, 15) is 8.42 Å². The Kier molecular flexibility index (Phi) is 4.47. The molecule has 2 N–H and O–H groups in total. The summed E-state index contributed by atoms with van der Waals surface area (Å²) in [6, 6.07) is 8.80.